The van der Waals surface area contributed by atoms with Gasteiger partial charge in [-0.25, -0.2) is 0 Å². The van der Waals surface area contributed by atoms with Crippen LogP contribution >= 0.6 is 0 Å². The first kappa shape index (κ1) is 11.6. The van der Waals surface area contributed by atoms with Crippen molar-refractivity contribution in [3.8, 4) is 17.6 Å². The van der Waals surface area contributed by atoms with Crippen molar-refractivity contribution in [1.29, 1.82) is 0 Å². The van der Waals surface area contributed by atoms with Gasteiger partial charge in [-0.3, -0.25) is 5.32 Å². The average molecular weight is 229 g/mol. The van der Waals surface area contributed by atoms with Gasteiger partial charge in [-0.05, 0) is 19.1 Å². The Balaban J connectivity index is 2.16. The molecule has 0 fully saturated rings. The Bertz CT molecular complexity index is 560. The first-order valence-corrected chi connectivity index (χ1v) is 5.51. The highest BCUT2D eigenvalue weighted by Crippen LogP contribution is 2.28. The van der Waals surface area contributed by atoms with E-state index in [4.69, 9.17) is 9.15 Å². The zero-order valence-electron chi connectivity index (χ0n) is 10.0. The van der Waals surface area contributed by atoms with Gasteiger partial charge in [0.05, 0.1) is 20.2 Å². The third kappa shape index (κ3) is 2.61. The summed E-state index contributed by atoms with van der Waals surface area (Å²) in [6, 6.07) is 7.88. The minimum absolute atomic E-state index is 0.671. The van der Waals surface area contributed by atoms with E-state index in [1.807, 2.05) is 31.2 Å². The smallest absolute Gasteiger partial charge is 0.176 e. The highest BCUT2D eigenvalue weighted by atomic mass is 16.5. The summed E-state index contributed by atoms with van der Waals surface area (Å²) in [4.78, 5) is 0. The lowest BCUT2D eigenvalue weighted by Crippen LogP contribution is -2.12. The summed E-state index contributed by atoms with van der Waals surface area (Å²) in [6.45, 7) is 3.17. The van der Waals surface area contributed by atoms with E-state index in [-0.39, 0.29) is 0 Å². The quantitative estimate of drug-likeness (QED) is 0.646. The van der Waals surface area contributed by atoms with E-state index in [9.17, 15) is 0 Å². The molecule has 2 rings (SSSR count). The summed E-state index contributed by atoms with van der Waals surface area (Å²) in [6.07, 6.45) is 0. The van der Waals surface area contributed by atoms with Crippen molar-refractivity contribution in [2.75, 3.05) is 13.7 Å². The van der Waals surface area contributed by atoms with Gasteiger partial charge in [0.1, 0.15) is 5.76 Å². The molecule has 0 spiro atoms. The molecule has 17 heavy (non-hydrogen) atoms. The second-order valence-electron chi connectivity index (χ2n) is 3.62. The molecule has 2 aromatic rings. The highest BCUT2D eigenvalue weighted by molar-refractivity contribution is 5.83. The predicted molar refractivity (Wildman–Crippen MR) is 67.9 cm³/mol. The second kappa shape index (κ2) is 5.42. The highest BCUT2D eigenvalue weighted by Gasteiger charge is 2.07. The van der Waals surface area contributed by atoms with Crippen LogP contribution in [0.5, 0.6) is 5.75 Å². The molecular formula is C14H15NO2. The second-order valence-corrected chi connectivity index (χ2v) is 3.62. The number of furan rings is 1. The van der Waals surface area contributed by atoms with Crippen LogP contribution in [0, 0.1) is 11.8 Å². The van der Waals surface area contributed by atoms with Crippen LogP contribution in [0.25, 0.3) is 11.0 Å². The molecule has 3 heteroatoms. The molecule has 1 aromatic heterocycles. The maximum Gasteiger partial charge on any atom is 0.176 e. The number of benzene rings is 1. The molecule has 0 aliphatic heterocycles. The fourth-order valence-electron chi connectivity index (χ4n) is 1.67. The molecule has 0 radical (unpaired) electrons. The summed E-state index contributed by atoms with van der Waals surface area (Å²) in [7, 11) is 1.64. The summed E-state index contributed by atoms with van der Waals surface area (Å²) in [5.41, 5.74) is 0.799. The fourth-order valence-corrected chi connectivity index (χ4v) is 1.67. The third-order valence-corrected chi connectivity index (χ3v) is 2.47. The van der Waals surface area contributed by atoms with E-state index >= 15 is 0 Å². The molecule has 0 saturated heterocycles. The van der Waals surface area contributed by atoms with E-state index < -0.39 is 0 Å². The van der Waals surface area contributed by atoms with Crippen LogP contribution in [0.4, 0.5) is 0 Å². The van der Waals surface area contributed by atoms with Crippen molar-refractivity contribution in [1.82, 2.24) is 5.32 Å². The van der Waals surface area contributed by atoms with Crippen LogP contribution in [-0.2, 0) is 6.54 Å². The fraction of sp³-hybridized carbons (Fsp3) is 0.286. The maximum atomic E-state index is 5.73. The van der Waals surface area contributed by atoms with Crippen molar-refractivity contribution >= 4 is 11.0 Å². The van der Waals surface area contributed by atoms with E-state index in [0.717, 1.165) is 22.5 Å². The molecule has 0 bridgehead atoms. The predicted octanol–water partition coefficient (Wildman–Crippen LogP) is 2.55. The van der Waals surface area contributed by atoms with Crippen molar-refractivity contribution in [2.24, 2.45) is 0 Å². The van der Waals surface area contributed by atoms with Crippen molar-refractivity contribution in [2.45, 2.75) is 13.5 Å². The first-order valence-electron chi connectivity index (χ1n) is 5.51. The Morgan fingerprint density at radius 2 is 2.29 bits per heavy atom. The van der Waals surface area contributed by atoms with Gasteiger partial charge in [0.25, 0.3) is 0 Å². The number of methoxy groups -OCH3 is 1. The molecule has 0 amide bonds. The Labute approximate surface area is 101 Å². The SMILES string of the molecule is CC#CCNCc1cc2cccc(OC)c2o1. The van der Waals surface area contributed by atoms with Crippen LogP contribution in [0.3, 0.4) is 0 Å². The zero-order valence-corrected chi connectivity index (χ0v) is 10.0. The Morgan fingerprint density at radius 3 is 3.06 bits per heavy atom. The molecule has 0 atom stereocenters. The van der Waals surface area contributed by atoms with Crippen LogP contribution in [-0.4, -0.2) is 13.7 Å². The molecule has 1 N–H and O–H groups in total. The van der Waals surface area contributed by atoms with Crippen LogP contribution in [0.2, 0.25) is 0 Å². The monoisotopic (exact) mass is 229 g/mol. The lowest BCUT2D eigenvalue weighted by atomic mass is 10.2. The minimum Gasteiger partial charge on any atom is -0.493 e. The topological polar surface area (TPSA) is 34.4 Å². The third-order valence-electron chi connectivity index (χ3n) is 2.47. The van der Waals surface area contributed by atoms with Crippen molar-refractivity contribution in [3.05, 3.63) is 30.0 Å². The number of hydrogen-bond acceptors (Lipinski definition) is 3. The summed E-state index contributed by atoms with van der Waals surface area (Å²) >= 11 is 0. The molecule has 0 aliphatic rings. The van der Waals surface area contributed by atoms with Gasteiger partial charge < -0.3 is 9.15 Å². The van der Waals surface area contributed by atoms with E-state index in [1.165, 1.54) is 0 Å². The standard InChI is InChI=1S/C14H15NO2/c1-3-4-8-15-10-12-9-11-6-5-7-13(16-2)14(11)17-12/h5-7,9,15H,8,10H2,1-2H3. The average Bonchev–Trinajstić information content (AvgIpc) is 2.77. The molecular weight excluding hydrogens is 214 g/mol. The molecule has 0 aliphatic carbocycles. The number of ether oxygens (including phenoxy) is 1. The Kier molecular flexibility index (Phi) is 3.69. The first-order chi connectivity index (χ1) is 8.35. The van der Waals surface area contributed by atoms with Crippen LogP contribution in [0.15, 0.2) is 28.7 Å². The number of nitrogens with one attached hydrogen (secondary N) is 1. The molecule has 0 unspecified atom stereocenters. The largest absolute Gasteiger partial charge is 0.493 e. The van der Waals surface area contributed by atoms with Crippen molar-refractivity contribution < 1.29 is 9.15 Å². The van der Waals surface area contributed by atoms with Crippen LogP contribution in [0.1, 0.15) is 12.7 Å². The summed E-state index contributed by atoms with van der Waals surface area (Å²) < 4.78 is 11.0. The normalized spacial score (nSPS) is 10.0. The van der Waals surface area contributed by atoms with Crippen LogP contribution < -0.4 is 10.1 Å². The molecule has 1 heterocycles. The lowest BCUT2D eigenvalue weighted by Gasteiger charge is -1.99. The summed E-state index contributed by atoms with van der Waals surface area (Å²) in [5.74, 6) is 7.44. The molecule has 1 aromatic carbocycles. The van der Waals surface area contributed by atoms with E-state index in [1.54, 1.807) is 7.11 Å². The Hall–Kier alpha value is -1.92. The zero-order chi connectivity index (χ0) is 12.1. The van der Waals surface area contributed by atoms with Crippen molar-refractivity contribution in [3.63, 3.8) is 0 Å². The Morgan fingerprint density at radius 1 is 1.41 bits per heavy atom. The van der Waals surface area contributed by atoms with Gasteiger partial charge in [0, 0.05) is 5.39 Å². The molecule has 0 saturated carbocycles. The number of fused-ring (bicyclic) bond motifs is 1. The van der Waals surface area contributed by atoms with E-state index in [2.05, 4.69) is 17.2 Å². The maximum absolute atomic E-state index is 5.73. The van der Waals surface area contributed by atoms with Gasteiger partial charge in [-0.1, -0.05) is 18.1 Å². The van der Waals surface area contributed by atoms with Gasteiger partial charge >= 0.3 is 0 Å². The number of para-hydroxylation sites is 1. The number of rotatable bonds is 4. The number of hydrogen-bond donors (Lipinski definition) is 1. The summed E-state index contributed by atoms with van der Waals surface area (Å²) in [5, 5.41) is 4.25. The lowest BCUT2D eigenvalue weighted by molar-refractivity contribution is 0.406. The molecule has 3 nitrogen and oxygen atoms in total. The van der Waals surface area contributed by atoms with Gasteiger partial charge in [0.2, 0.25) is 0 Å². The van der Waals surface area contributed by atoms with Gasteiger partial charge in [0.15, 0.2) is 11.3 Å². The van der Waals surface area contributed by atoms with E-state index in [0.29, 0.717) is 13.1 Å². The van der Waals surface area contributed by atoms with Gasteiger partial charge in [-0.2, -0.15) is 0 Å². The molecule has 88 valence electrons. The minimum atomic E-state index is 0.671. The van der Waals surface area contributed by atoms with Gasteiger partial charge in [-0.15, -0.1) is 5.92 Å².